The van der Waals surface area contributed by atoms with Gasteiger partial charge in [0.1, 0.15) is 0 Å². The summed E-state index contributed by atoms with van der Waals surface area (Å²) in [7, 11) is 0. The predicted molar refractivity (Wildman–Crippen MR) is 76.0 cm³/mol. The fourth-order valence-corrected chi connectivity index (χ4v) is 3.33. The van der Waals surface area contributed by atoms with E-state index < -0.39 is 11.7 Å². The molecule has 1 aromatic carbocycles. The Hall–Kier alpha value is -0.900. The highest BCUT2D eigenvalue weighted by atomic mass is 35.5. The molecule has 1 fully saturated rings. The van der Waals surface area contributed by atoms with Crippen LogP contribution in [0.15, 0.2) is 18.2 Å². The first-order valence-electron chi connectivity index (χ1n) is 6.89. The third kappa shape index (κ3) is 3.81. The largest absolute Gasteiger partial charge is 0.418 e. The van der Waals surface area contributed by atoms with Crippen molar-refractivity contribution in [2.75, 3.05) is 5.32 Å². The van der Waals surface area contributed by atoms with Gasteiger partial charge < -0.3 is 5.32 Å². The van der Waals surface area contributed by atoms with Crippen LogP contribution in [-0.2, 0) is 6.18 Å². The Morgan fingerprint density at radius 2 is 1.70 bits per heavy atom. The van der Waals surface area contributed by atoms with Gasteiger partial charge in [-0.1, -0.05) is 25.4 Å². The Morgan fingerprint density at radius 1 is 1.10 bits per heavy atom. The number of rotatable bonds is 2. The van der Waals surface area contributed by atoms with Crippen LogP contribution < -0.4 is 5.32 Å². The van der Waals surface area contributed by atoms with Crippen molar-refractivity contribution in [1.82, 2.24) is 0 Å². The van der Waals surface area contributed by atoms with Gasteiger partial charge in [-0.05, 0) is 49.3 Å². The summed E-state index contributed by atoms with van der Waals surface area (Å²) in [5.41, 5.74) is -0.552. The van der Waals surface area contributed by atoms with Crippen LogP contribution in [0.5, 0.6) is 0 Å². The van der Waals surface area contributed by atoms with Crippen LogP contribution in [0.2, 0.25) is 5.02 Å². The highest BCUT2D eigenvalue weighted by Crippen LogP contribution is 2.38. The maximum Gasteiger partial charge on any atom is 0.418 e. The number of nitrogens with one attached hydrogen (secondary N) is 1. The van der Waals surface area contributed by atoms with Gasteiger partial charge in [-0.15, -0.1) is 0 Å². The Kier molecular flexibility index (Phi) is 4.52. The molecule has 2 rings (SSSR count). The van der Waals surface area contributed by atoms with Crippen molar-refractivity contribution in [3.8, 4) is 0 Å². The number of benzene rings is 1. The molecule has 0 radical (unpaired) electrons. The Bertz CT molecular complexity index is 463. The summed E-state index contributed by atoms with van der Waals surface area (Å²) in [4.78, 5) is 0. The molecule has 0 aliphatic heterocycles. The summed E-state index contributed by atoms with van der Waals surface area (Å²) >= 11 is 5.68. The van der Waals surface area contributed by atoms with E-state index in [1.165, 1.54) is 12.1 Å². The van der Waals surface area contributed by atoms with Crippen LogP contribution in [0.3, 0.4) is 0 Å². The third-order valence-corrected chi connectivity index (χ3v) is 4.06. The molecular formula is C15H19ClF3N. The molecule has 1 aliphatic carbocycles. The van der Waals surface area contributed by atoms with Crippen LogP contribution in [0, 0.1) is 11.8 Å². The van der Waals surface area contributed by atoms with Gasteiger partial charge in [0.15, 0.2) is 0 Å². The van der Waals surface area contributed by atoms with Crippen molar-refractivity contribution in [3.63, 3.8) is 0 Å². The highest BCUT2D eigenvalue weighted by molar-refractivity contribution is 6.30. The van der Waals surface area contributed by atoms with E-state index in [2.05, 4.69) is 19.2 Å². The van der Waals surface area contributed by atoms with Gasteiger partial charge in [-0.2, -0.15) is 13.2 Å². The number of alkyl halides is 3. The average molecular weight is 306 g/mol. The van der Waals surface area contributed by atoms with E-state index >= 15 is 0 Å². The number of hydrogen-bond donors (Lipinski definition) is 1. The van der Waals surface area contributed by atoms with E-state index in [0.717, 1.165) is 25.3 Å². The smallest absolute Gasteiger partial charge is 0.382 e. The maximum absolute atomic E-state index is 13.0. The Balaban J connectivity index is 2.21. The van der Waals surface area contributed by atoms with Gasteiger partial charge in [-0.25, -0.2) is 0 Å². The number of anilines is 1. The fraction of sp³-hybridized carbons (Fsp3) is 0.600. The molecule has 0 aromatic heterocycles. The minimum absolute atomic E-state index is 0.0935. The Morgan fingerprint density at radius 3 is 2.25 bits per heavy atom. The van der Waals surface area contributed by atoms with Crippen LogP contribution >= 0.6 is 11.6 Å². The molecule has 2 atom stereocenters. The minimum atomic E-state index is -4.39. The quantitative estimate of drug-likeness (QED) is 0.750. The summed E-state index contributed by atoms with van der Waals surface area (Å²) in [6.45, 7) is 4.30. The SMILES string of the molecule is CC1CC(C)CC(Nc2ccc(Cl)cc2C(F)(F)F)C1. The van der Waals surface area contributed by atoms with Crippen LogP contribution in [0.1, 0.15) is 38.7 Å². The lowest BCUT2D eigenvalue weighted by molar-refractivity contribution is -0.137. The van der Waals surface area contributed by atoms with Gasteiger partial charge in [0, 0.05) is 16.8 Å². The molecule has 1 nitrogen and oxygen atoms in total. The second-order valence-corrected chi connectivity index (χ2v) is 6.38. The summed E-state index contributed by atoms with van der Waals surface area (Å²) in [6, 6.07) is 4.00. The molecular weight excluding hydrogens is 287 g/mol. The normalized spacial score (nSPS) is 27.4. The predicted octanol–water partition coefficient (Wildman–Crippen LogP) is 5.60. The molecule has 0 spiro atoms. The summed E-state index contributed by atoms with van der Waals surface area (Å²) in [6.07, 6.45) is -1.43. The first kappa shape index (κ1) is 15.5. The maximum atomic E-state index is 13.0. The lowest BCUT2D eigenvalue weighted by Gasteiger charge is -2.33. The lowest BCUT2D eigenvalue weighted by atomic mass is 9.80. The molecule has 112 valence electrons. The molecule has 0 saturated heterocycles. The summed E-state index contributed by atoms with van der Waals surface area (Å²) in [5, 5.41) is 3.17. The number of halogens is 4. The molecule has 0 amide bonds. The molecule has 1 aliphatic rings. The molecule has 5 heteroatoms. The van der Waals surface area contributed by atoms with Gasteiger partial charge in [0.2, 0.25) is 0 Å². The van der Waals surface area contributed by atoms with E-state index in [9.17, 15) is 13.2 Å². The van der Waals surface area contributed by atoms with Crippen molar-refractivity contribution < 1.29 is 13.2 Å². The van der Waals surface area contributed by atoms with Crippen molar-refractivity contribution >= 4 is 17.3 Å². The van der Waals surface area contributed by atoms with Crippen molar-refractivity contribution in [2.45, 2.75) is 45.3 Å². The fourth-order valence-electron chi connectivity index (χ4n) is 3.16. The third-order valence-electron chi connectivity index (χ3n) is 3.83. The molecule has 0 heterocycles. The van der Waals surface area contributed by atoms with E-state index in [1.807, 2.05) is 0 Å². The van der Waals surface area contributed by atoms with Gasteiger partial charge in [0.25, 0.3) is 0 Å². The Labute approximate surface area is 122 Å². The minimum Gasteiger partial charge on any atom is -0.382 e. The van der Waals surface area contributed by atoms with Crippen LogP contribution in [0.25, 0.3) is 0 Å². The zero-order chi connectivity index (χ0) is 14.9. The van der Waals surface area contributed by atoms with Crippen molar-refractivity contribution in [3.05, 3.63) is 28.8 Å². The molecule has 1 aromatic rings. The molecule has 1 N–H and O–H groups in total. The summed E-state index contributed by atoms with van der Waals surface area (Å²) < 4.78 is 39.1. The average Bonchev–Trinajstić information content (AvgIpc) is 2.28. The lowest BCUT2D eigenvalue weighted by Crippen LogP contribution is -2.31. The molecule has 0 bridgehead atoms. The van der Waals surface area contributed by atoms with Crippen LogP contribution in [0.4, 0.5) is 18.9 Å². The standard InChI is InChI=1S/C15H19ClF3N/c1-9-5-10(2)7-12(6-9)20-14-4-3-11(16)8-13(14)15(17,18)19/h3-4,8-10,12,20H,5-7H2,1-2H3. The van der Waals surface area contributed by atoms with Crippen molar-refractivity contribution in [2.24, 2.45) is 11.8 Å². The van der Waals surface area contributed by atoms with Gasteiger partial charge in [-0.3, -0.25) is 0 Å². The van der Waals surface area contributed by atoms with Crippen LogP contribution in [-0.4, -0.2) is 6.04 Å². The zero-order valence-electron chi connectivity index (χ0n) is 11.6. The van der Waals surface area contributed by atoms with E-state index in [-0.39, 0.29) is 16.8 Å². The first-order chi connectivity index (χ1) is 9.25. The zero-order valence-corrected chi connectivity index (χ0v) is 12.4. The molecule has 1 saturated carbocycles. The van der Waals surface area contributed by atoms with E-state index in [4.69, 9.17) is 11.6 Å². The second-order valence-electron chi connectivity index (χ2n) is 5.95. The number of hydrogen-bond acceptors (Lipinski definition) is 1. The first-order valence-corrected chi connectivity index (χ1v) is 7.26. The molecule has 20 heavy (non-hydrogen) atoms. The topological polar surface area (TPSA) is 12.0 Å². The van der Waals surface area contributed by atoms with E-state index in [0.29, 0.717) is 11.8 Å². The van der Waals surface area contributed by atoms with E-state index in [1.54, 1.807) is 0 Å². The monoisotopic (exact) mass is 305 g/mol. The van der Waals surface area contributed by atoms with Gasteiger partial charge >= 0.3 is 6.18 Å². The second kappa shape index (κ2) is 5.84. The highest BCUT2D eigenvalue weighted by Gasteiger charge is 2.35. The summed E-state index contributed by atoms with van der Waals surface area (Å²) in [5.74, 6) is 1.08. The van der Waals surface area contributed by atoms with Crippen molar-refractivity contribution in [1.29, 1.82) is 0 Å². The molecule has 2 unspecified atom stereocenters. The van der Waals surface area contributed by atoms with Gasteiger partial charge in [0.05, 0.1) is 5.56 Å².